The van der Waals surface area contributed by atoms with E-state index in [-0.39, 0.29) is 42.3 Å². The predicted octanol–water partition coefficient (Wildman–Crippen LogP) is 1.39. The number of amides is 2. The third-order valence-electron chi connectivity index (χ3n) is 5.67. The minimum absolute atomic E-state index is 0.000965. The molecule has 0 radical (unpaired) electrons. The number of hydrogen-bond donors (Lipinski definition) is 0. The van der Waals surface area contributed by atoms with Crippen molar-refractivity contribution >= 4 is 21.8 Å². The number of aryl methyl sites for hydroxylation is 2. The van der Waals surface area contributed by atoms with Crippen LogP contribution in [0, 0.1) is 19.8 Å². The van der Waals surface area contributed by atoms with E-state index in [0.29, 0.717) is 12.0 Å². The van der Waals surface area contributed by atoms with E-state index in [0.717, 1.165) is 5.56 Å². The molecule has 28 heavy (non-hydrogen) atoms. The molecule has 2 amide bonds. The van der Waals surface area contributed by atoms with Crippen molar-refractivity contribution in [3.8, 4) is 0 Å². The van der Waals surface area contributed by atoms with Crippen molar-refractivity contribution in [1.29, 1.82) is 0 Å². The van der Waals surface area contributed by atoms with Gasteiger partial charge in [0, 0.05) is 26.7 Å². The van der Waals surface area contributed by atoms with Gasteiger partial charge in [-0.25, -0.2) is 8.42 Å². The third-order valence-corrected chi connectivity index (χ3v) is 7.67. The first kappa shape index (κ1) is 20.8. The quantitative estimate of drug-likeness (QED) is 0.756. The molecular weight excluding hydrogens is 378 g/mol. The molecule has 154 valence electrons. The summed E-state index contributed by atoms with van der Waals surface area (Å²) in [5.74, 6) is 0.0161. The van der Waals surface area contributed by atoms with Gasteiger partial charge in [0.05, 0.1) is 4.90 Å². The summed E-state index contributed by atoms with van der Waals surface area (Å²) >= 11 is 0. The van der Waals surface area contributed by atoms with Crippen molar-refractivity contribution in [2.24, 2.45) is 5.92 Å². The molecule has 2 aliphatic heterocycles. The summed E-state index contributed by atoms with van der Waals surface area (Å²) in [6.07, 6.45) is 0.606. The SMILES string of the molecule is Cc1ccc(C)c(S(=O)(=O)N2CCN3C(=O)[C@H](CC(C)C)N(C)C(=O)[C@H]3C2)c1. The van der Waals surface area contributed by atoms with Crippen molar-refractivity contribution in [3.63, 3.8) is 0 Å². The van der Waals surface area contributed by atoms with Crippen molar-refractivity contribution in [1.82, 2.24) is 14.1 Å². The summed E-state index contributed by atoms with van der Waals surface area (Å²) < 4.78 is 27.8. The lowest BCUT2D eigenvalue weighted by Crippen LogP contribution is -2.69. The van der Waals surface area contributed by atoms with E-state index in [1.807, 2.05) is 26.8 Å². The molecule has 1 aromatic rings. The summed E-state index contributed by atoms with van der Waals surface area (Å²) in [5.41, 5.74) is 1.54. The normalized spacial score (nSPS) is 24.1. The Balaban J connectivity index is 1.87. The Morgan fingerprint density at radius 3 is 2.43 bits per heavy atom. The zero-order chi connectivity index (χ0) is 20.8. The van der Waals surface area contributed by atoms with Gasteiger partial charge in [0.1, 0.15) is 12.1 Å². The Kier molecular flexibility index (Phi) is 5.55. The van der Waals surface area contributed by atoms with Gasteiger partial charge in [0.25, 0.3) is 0 Å². The second-order valence-electron chi connectivity index (χ2n) is 8.27. The number of piperazine rings is 2. The second kappa shape index (κ2) is 7.48. The summed E-state index contributed by atoms with van der Waals surface area (Å²) in [4.78, 5) is 29.2. The van der Waals surface area contributed by atoms with Crippen molar-refractivity contribution in [2.45, 2.75) is 51.1 Å². The van der Waals surface area contributed by atoms with Crippen LogP contribution in [0.3, 0.4) is 0 Å². The van der Waals surface area contributed by atoms with E-state index in [1.54, 1.807) is 31.0 Å². The van der Waals surface area contributed by atoms with Gasteiger partial charge < -0.3 is 9.80 Å². The molecule has 3 rings (SSSR count). The molecule has 0 aliphatic carbocycles. The maximum absolute atomic E-state index is 13.2. The van der Waals surface area contributed by atoms with Crippen LogP contribution in [-0.2, 0) is 19.6 Å². The fourth-order valence-electron chi connectivity index (χ4n) is 4.03. The van der Waals surface area contributed by atoms with Crippen LogP contribution in [0.25, 0.3) is 0 Å². The van der Waals surface area contributed by atoms with E-state index in [2.05, 4.69) is 0 Å². The fraction of sp³-hybridized carbons (Fsp3) is 0.600. The maximum atomic E-state index is 13.2. The van der Waals surface area contributed by atoms with E-state index in [4.69, 9.17) is 0 Å². The molecule has 2 fully saturated rings. The van der Waals surface area contributed by atoms with E-state index >= 15 is 0 Å². The fourth-order valence-corrected chi connectivity index (χ4v) is 5.77. The Labute approximate surface area is 167 Å². The second-order valence-corrected chi connectivity index (χ2v) is 10.2. The summed E-state index contributed by atoms with van der Waals surface area (Å²) in [6, 6.07) is 4.10. The van der Waals surface area contributed by atoms with Crippen LogP contribution in [0.5, 0.6) is 0 Å². The summed E-state index contributed by atoms with van der Waals surface area (Å²) in [7, 11) is -2.09. The van der Waals surface area contributed by atoms with Crippen LogP contribution < -0.4 is 0 Å². The minimum atomic E-state index is -3.73. The van der Waals surface area contributed by atoms with Crippen molar-refractivity contribution < 1.29 is 18.0 Å². The van der Waals surface area contributed by atoms with Crippen LogP contribution in [0.2, 0.25) is 0 Å². The molecule has 1 aromatic carbocycles. The lowest BCUT2D eigenvalue weighted by molar-refractivity contribution is -0.163. The molecule has 2 atom stereocenters. The Morgan fingerprint density at radius 1 is 1.11 bits per heavy atom. The smallest absolute Gasteiger partial charge is 0.247 e. The first-order valence-corrected chi connectivity index (χ1v) is 11.1. The van der Waals surface area contributed by atoms with E-state index < -0.39 is 22.1 Å². The van der Waals surface area contributed by atoms with Gasteiger partial charge >= 0.3 is 0 Å². The number of fused-ring (bicyclic) bond motifs is 1. The van der Waals surface area contributed by atoms with Crippen molar-refractivity contribution in [2.75, 3.05) is 26.7 Å². The predicted molar refractivity (Wildman–Crippen MR) is 106 cm³/mol. The molecule has 0 saturated carbocycles. The highest BCUT2D eigenvalue weighted by molar-refractivity contribution is 7.89. The summed E-state index contributed by atoms with van der Waals surface area (Å²) in [6.45, 7) is 8.09. The average Bonchev–Trinajstić information content (AvgIpc) is 2.64. The van der Waals surface area contributed by atoms with Gasteiger partial charge in [0.2, 0.25) is 21.8 Å². The standard InChI is InChI=1S/C20H29N3O4S/c1-13(2)10-16-20(25)23-9-8-22(12-17(23)19(24)21(16)5)28(26,27)18-11-14(3)6-7-15(18)4/h6-7,11,13,16-17H,8-10,12H2,1-5H3/t16-,17+/m0/s1. The Hall–Kier alpha value is -1.93. The molecule has 0 N–H and O–H groups in total. The average molecular weight is 408 g/mol. The largest absolute Gasteiger partial charge is 0.332 e. The number of benzene rings is 1. The lowest BCUT2D eigenvalue weighted by Gasteiger charge is -2.48. The highest BCUT2D eigenvalue weighted by Crippen LogP contribution is 2.28. The van der Waals surface area contributed by atoms with Gasteiger partial charge in [-0.1, -0.05) is 26.0 Å². The molecule has 0 bridgehead atoms. The van der Waals surface area contributed by atoms with Gasteiger partial charge in [-0.2, -0.15) is 4.31 Å². The lowest BCUT2D eigenvalue weighted by atomic mass is 9.96. The van der Waals surface area contributed by atoms with E-state index in [1.165, 1.54) is 9.21 Å². The summed E-state index contributed by atoms with van der Waals surface area (Å²) in [5, 5.41) is 0. The van der Waals surface area contributed by atoms with Gasteiger partial charge in [-0.3, -0.25) is 9.59 Å². The molecule has 7 nitrogen and oxygen atoms in total. The van der Waals surface area contributed by atoms with Crippen LogP contribution in [0.4, 0.5) is 0 Å². The maximum Gasteiger partial charge on any atom is 0.247 e. The van der Waals surface area contributed by atoms with Crippen LogP contribution in [0.15, 0.2) is 23.1 Å². The number of hydrogen-bond acceptors (Lipinski definition) is 4. The Bertz CT molecular complexity index is 897. The zero-order valence-electron chi connectivity index (χ0n) is 17.2. The first-order chi connectivity index (χ1) is 13.0. The zero-order valence-corrected chi connectivity index (χ0v) is 18.0. The van der Waals surface area contributed by atoms with Crippen molar-refractivity contribution in [3.05, 3.63) is 29.3 Å². The molecule has 2 saturated heterocycles. The highest BCUT2D eigenvalue weighted by atomic mass is 32.2. The third kappa shape index (κ3) is 3.55. The van der Waals surface area contributed by atoms with E-state index in [9.17, 15) is 18.0 Å². The molecular formula is C20H29N3O4S. The number of carbonyl (C=O) groups is 2. The molecule has 2 heterocycles. The molecule has 2 aliphatic rings. The number of nitrogens with zero attached hydrogens (tertiary/aromatic N) is 3. The van der Waals surface area contributed by atoms with Crippen LogP contribution in [0.1, 0.15) is 31.4 Å². The van der Waals surface area contributed by atoms with Gasteiger partial charge in [-0.05, 0) is 43.4 Å². The monoisotopic (exact) mass is 407 g/mol. The van der Waals surface area contributed by atoms with Gasteiger partial charge in [-0.15, -0.1) is 0 Å². The number of carbonyl (C=O) groups excluding carboxylic acids is 2. The highest BCUT2D eigenvalue weighted by Gasteiger charge is 2.48. The number of likely N-dealkylation sites (N-methyl/N-ethyl adjacent to an activating group) is 1. The van der Waals surface area contributed by atoms with Gasteiger partial charge in [0.15, 0.2) is 0 Å². The molecule has 8 heteroatoms. The number of sulfonamides is 1. The van der Waals surface area contributed by atoms with Crippen LogP contribution >= 0.6 is 0 Å². The Morgan fingerprint density at radius 2 is 1.79 bits per heavy atom. The molecule has 0 unspecified atom stereocenters. The minimum Gasteiger partial charge on any atom is -0.332 e. The molecule has 0 aromatic heterocycles. The molecule has 0 spiro atoms. The first-order valence-electron chi connectivity index (χ1n) is 9.68. The number of rotatable bonds is 4. The topological polar surface area (TPSA) is 78.0 Å². The van der Waals surface area contributed by atoms with Crippen LogP contribution in [-0.4, -0.2) is 73.1 Å².